The molecule has 3 heteroatoms. The molecule has 0 aliphatic rings. The Labute approximate surface area is 85.1 Å². The fraction of sp³-hybridized carbons (Fsp3) is 0.636. The maximum atomic E-state index is 10.9. The number of allylic oxidation sites excluding steroid dienone is 1. The van der Waals surface area contributed by atoms with Crippen LogP contribution in [-0.2, 0) is 14.3 Å². The number of methoxy groups -OCH3 is 1. The van der Waals surface area contributed by atoms with Crippen LogP contribution >= 0.6 is 0 Å². The van der Waals surface area contributed by atoms with Gasteiger partial charge < -0.3 is 9.53 Å². The van der Waals surface area contributed by atoms with Gasteiger partial charge in [-0.3, -0.25) is 0 Å². The van der Waals surface area contributed by atoms with Crippen molar-refractivity contribution in [1.29, 1.82) is 0 Å². The molecule has 3 nitrogen and oxygen atoms in total. The second-order valence-corrected chi connectivity index (χ2v) is 4.17. The summed E-state index contributed by atoms with van der Waals surface area (Å²) in [6.07, 6.45) is 4.36. The summed E-state index contributed by atoms with van der Waals surface area (Å²) in [4.78, 5) is 21.6. The molecule has 80 valence electrons. The lowest BCUT2D eigenvalue weighted by molar-refractivity contribution is -0.134. The summed E-state index contributed by atoms with van der Waals surface area (Å²) in [5.74, 6) is -0.190. The molecular weight excluding hydrogens is 180 g/mol. The highest BCUT2D eigenvalue weighted by Gasteiger charge is 2.18. The Kier molecular flexibility index (Phi) is 5.13. The second-order valence-electron chi connectivity index (χ2n) is 4.17. The van der Waals surface area contributed by atoms with Gasteiger partial charge in [-0.25, -0.2) is 4.79 Å². The van der Waals surface area contributed by atoms with E-state index in [0.717, 1.165) is 0 Å². The lowest BCUT2D eigenvalue weighted by atomic mass is 9.84. The largest absolute Gasteiger partial charge is 0.466 e. The smallest absolute Gasteiger partial charge is 0.330 e. The fourth-order valence-electron chi connectivity index (χ4n) is 1.29. The molecular formula is C11H18O3. The minimum absolute atomic E-state index is 0.0869. The van der Waals surface area contributed by atoms with Crippen LogP contribution in [0.5, 0.6) is 0 Å². The number of rotatable bonds is 5. The number of carbonyl (C=O) groups is 2. The molecule has 0 aromatic carbocycles. The normalized spacial score (nSPS) is 11.7. The van der Waals surface area contributed by atoms with Crippen LogP contribution in [-0.4, -0.2) is 18.9 Å². The van der Waals surface area contributed by atoms with E-state index in [1.807, 2.05) is 13.8 Å². The van der Waals surface area contributed by atoms with Gasteiger partial charge >= 0.3 is 5.97 Å². The van der Waals surface area contributed by atoms with Gasteiger partial charge in [0.1, 0.15) is 5.78 Å². The first-order valence-corrected chi connectivity index (χ1v) is 4.61. The summed E-state index contributed by atoms with van der Waals surface area (Å²) < 4.78 is 4.45. The minimum Gasteiger partial charge on any atom is -0.466 e. The lowest BCUT2D eigenvalue weighted by Gasteiger charge is -2.20. The predicted octanol–water partition coefficient (Wildman–Crippen LogP) is 2.11. The van der Waals surface area contributed by atoms with E-state index in [2.05, 4.69) is 4.74 Å². The van der Waals surface area contributed by atoms with Crippen molar-refractivity contribution in [3.8, 4) is 0 Å². The van der Waals surface area contributed by atoms with E-state index >= 15 is 0 Å². The van der Waals surface area contributed by atoms with Gasteiger partial charge in [-0.05, 0) is 18.8 Å². The van der Waals surface area contributed by atoms with E-state index in [1.54, 1.807) is 13.0 Å². The molecule has 0 aromatic rings. The molecule has 0 fully saturated rings. The van der Waals surface area contributed by atoms with Crippen LogP contribution in [0.15, 0.2) is 12.2 Å². The van der Waals surface area contributed by atoms with Crippen molar-refractivity contribution in [3.63, 3.8) is 0 Å². The Hall–Kier alpha value is -1.12. The van der Waals surface area contributed by atoms with Crippen LogP contribution in [0, 0.1) is 5.41 Å². The van der Waals surface area contributed by atoms with E-state index in [0.29, 0.717) is 12.8 Å². The molecule has 0 bridgehead atoms. The highest BCUT2D eigenvalue weighted by molar-refractivity contribution is 5.81. The number of hydrogen-bond donors (Lipinski definition) is 0. The number of Topliss-reactive ketones (excluding diaryl/α,β-unsaturated/α-hetero) is 1. The zero-order valence-corrected chi connectivity index (χ0v) is 9.29. The fourth-order valence-corrected chi connectivity index (χ4v) is 1.29. The number of ketones is 1. The topological polar surface area (TPSA) is 43.4 Å². The van der Waals surface area contributed by atoms with Crippen molar-refractivity contribution >= 4 is 11.8 Å². The molecule has 0 rings (SSSR count). The quantitative estimate of drug-likeness (QED) is 0.502. The molecule has 0 saturated carbocycles. The Morgan fingerprint density at radius 1 is 1.36 bits per heavy atom. The average Bonchev–Trinajstić information content (AvgIpc) is 2.01. The van der Waals surface area contributed by atoms with Gasteiger partial charge in [0, 0.05) is 12.5 Å². The van der Waals surface area contributed by atoms with Crippen LogP contribution in [0.3, 0.4) is 0 Å². The molecule has 0 radical (unpaired) electrons. The van der Waals surface area contributed by atoms with Gasteiger partial charge in [-0.1, -0.05) is 19.9 Å². The molecule has 0 aliphatic carbocycles. The van der Waals surface area contributed by atoms with Crippen molar-refractivity contribution in [2.45, 2.75) is 33.6 Å². The summed E-state index contributed by atoms with van der Waals surface area (Å²) in [7, 11) is 1.34. The molecule has 0 aromatic heterocycles. The van der Waals surface area contributed by atoms with Gasteiger partial charge in [0.25, 0.3) is 0 Å². The number of carbonyl (C=O) groups excluding carboxylic acids is 2. The summed E-state index contributed by atoms with van der Waals surface area (Å²) in [6, 6.07) is 0. The first-order valence-electron chi connectivity index (χ1n) is 4.61. The molecule has 0 unspecified atom stereocenters. The third-order valence-corrected chi connectivity index (χ3v) is 1.85. The highest BCUT2D eigenvalue weighted by Crippen LogP contribution is 2.25. The van der Waals surface area contributed by atoms with Crippen LogP contribution in [0.1, 0.15) is 33.6 Å². The third kappa shape index (κ3) is 6.40. The maximum absolute atomic E-state index is 10.9. The maximum Gasteiger partial charge on any atom is 0.330 e. The van der Waals surface area contributed by atoms with E-state index in [4.69, 9.17) is 0 Å². The molecule has 0 amide bonds. The van der Waals surface area contributed by atoms with Gasteiger partial charge in [-0.15, -0.1) is 0 Å². The SMILES string of the molecule is COC(=O)/C=C/CC(C)(C)CC(C)=O. The Balaban J connectivity index is 4.04. The predicted molar refractivity (Wildman–Crippen MR) is 54.9 cm³/mol. The monoisotopic (exact) mass is 198 g/mol. The van der Waals surface area contributed by atoms with E-state index in [-0.39, 0.29) is 17.2 Å². The van der Waals surface area contributed by atoms with Gasteiger partial charge in [-0.2, -0.15) is 0 Å². The Bertz CT molecular complexity index is 239. The average molecular weight is 198 g/mol. The zero-order valence-electron chi connectivity index (χ0n) is 9.29. The summed E-state index contributed by atoms with van der Waals surface area (Å²) in [6.45, 7) is 5.57. The third-order valence-electron chi connectivity index (χ3n) is 1.85. The Morgan fingerprint density at radius 2 is 1.93 bits per heavy atom. The van der Waals surface area contributed by atoms with Crippen molar-refractivity contribution in [3.05, 3.63) is 12.2 Å². The molecule has 0 aliphatic heterocycles. The van der Waals surface area contributed by atoms with Crippen LogP contribution in [0.4, 0.5) is 0 Å². The number of esters is 1. The summed E-state index contributed by atoms with van der Waals surface area (Å²) in [5, 5.41) is 0. The van der Waals surface area contributed by atoms with E-state index < -0.39 is 0 Å². The van der Waals surface area contributed by atoms with E-state index in [1.165, 1.54) is 13.2 Å². The van der Waals surface area contributed by atoms with E-state index in [9.17, 15) is 9.59 Å². The van der Waals surface area contributed by atoms with Crippen molar-refractivity contribution in [1.82, 2.24) is 0 Å². The summed E-state index contributed by atoms with van der Waals surface area (Å²) >= 11 is 0. The Morgan fingerprint density at radius 3 is 2.36 bits per heavy atom. The van der Waals surface area contributed by atoms with Crippen LogP contribution in [0.2, 0.25) is 0 Å². The molecule has 0 N–H and O–H groups in total. The van der Waals surface area contributed by atoms with Gasteiger partial charge in [0.2, 0.25) is 0 Å². The van der Waals surface area contributed by atoms with Crippen LogP contribution in [0.25, 0.3) is 0 Å². The second kappa shape index (κ2) is 5.58. The van der Waals surface area contributed by atoms with Crippen molar-refractivity contribution in [2.24, 2.45) is 5.41 Å². The van der Waals surface area contributed by atoms with Gasteiger partial charge in [0.05, 0.1) is 7.11 Å². The van der Waals surface area contributed by atoms with Crippen LogP contribution < -0.4 is 0 Å². The molecule has 0 spiro atoms. The number of hydrogen-bond acceptors (Lipinski definition) is 3. The highest BCUT2D eigenvalue weighted by atomic mass is 16.5. The molecule has 14 heavy (non-hydrogen) atoms. The number of ether oxygens (including phenoxy) is 1. The summed E-state index contributed by atoms with van der Waals surface area (Å²) in [5.41, 5.74) is -0.0869. The first-order chi connectivity index (χ1) is 6.37. The van der Waals surface area contributed by atoms with Crippen molar-refractivity contribution < 1.29 is 14.3 Å². The minimum atomic E-state index is -0.358. The first kappa shape index (κ1) is 12.9. The van der Waals surface area contributed by atoms with Gasteiger partial charge in [0.15, 0.2) is 0 Å². The molecule has 0 atom stereocenters. The van der Waals surface area contributed by atoms with Crippen molar-refractivity contribution in [2.75, 3.05) is 7.11 Å². The lowest BCUT2D eigenvalue weighted by Crippen LogP contribution is -2.14. The zero-order chi connectivity index (χ0) is 11.2. The molecule has 0 saturated heterocycles. The molecule has 0 heterocycles. The standard InChI is InChI=1S/C11H18O3/c1-9(12)8-11(2,3)7-5-6-10(13)14-4/h5-6H,7-8H2,1-4H3/b6-5+.